The normalized spacial score (nSPS) is 26.6. The molecule has 5 aliphatic rings. The molecule has 3 aliphatic heterocycles. The number of nitrogens with zero attached hydrogens (tertiary/aromatic N) is 6. The number of amides is 2. The number of carbonyl (C=O) groups excluding carboxylic acids is 3. The Labute approximate surface area is 379 Å². The van der Waals surface area contributed by atoms with Gasteiger partial charge in [-0.15, -0.1) is 0 Å². The predicted molar refractivity (Wildman–Crippen MR) is 242 cm³/mol. The first-order chi connectivity index (χ1) is 31.4. The van der Waals surface area contributed by atoms with Crippen LogP contribution < -0.4 is 10.7 Å². The van der Waals surface area contributed by atoms with Gasteiger partial charge in [-0.3, -0.25) is 34.3 Å². The number of esters is 1. The van der Waals surface area contributed by atoms with Gasteiger partial charge in [-0.2, -0.15) is 0 Å². The largest absolute Gasteiger partial charge is 0.464 e. The van der Waals surface area contributed by atoms with E-state index in [0.29, 0.717) is 37.5 Å². The van der Waals surface area contributed by atoms with Crippen molar-refractivity contribution in [2.24, 2.45) is 23.2 Å². The molecule has 0 radical (unpaired) electrons. The van der Waals surface area contributed by atoms with Crippen molar-refractivity contribution < 1.29 is 33.0 Å². The molecule has 2 aliphatic carbocycles. The van der Waals surface area contributed by atoms with Crippen LogP contribution in [0.4, 0.5) is 0 Å². The molecule has 65 heavy (non-hydrogen) atoms. The van der Waals surface area contributed by atoms with Crippen LogP contribution in [0.25, 0.3) is 33.4 Å². The lowest BCUT2D eigenvalue weighted by atomic mass is 9.84. The number of oxazole rings is 1. The van der Waals surface area contributed by atoms with Crippen molar-refractivity contribution in [2.45, 2.75) is 110 Å². The molecule has 15 heteroatoms. The van der Waals surface area contributed by atoms with E-state index < -0.39 is 35.5 Å². The van der Waals surface area contributed by atoms with E-state index >= 15 is 0 Å². The molecular weight excluding hydrogens is 825 g/mol. The van der Waals surface area contributed by atoms with Gasteiger partial charge < -0.3 is 28.5 Å². The van der Waals surface area contributed by atoms with E-state index in [9.17, 15) is 14.4 Å². The van der Waals surface area contributed by atoms with Gasteiger partial charge in [-0.05, 0) is 98.4 Å². The predicted octanol–water partition coefficient (Wildman–Crippen LogP) is 6.75. The zero-order chi connectivity index (χ0) is 45.1. The van der Waals surface area contributed by atoms with Gasteiger partial charge in [0.1, 0.15) is 24.0 Å². The molecule has 2 N–H and O–H groups in total. The third-order valence-electron chi connectivity index (χ3n) is 14.5. The Morgan fingerprint density at radius 3 is 2.55 bits per heavy atom. The van der Waals surface area contributed by atoms with Crippen LogP contribution in [-0.2, 0) is 41.6 Å². The summed E-state index contributed by atoms with van der Waals surface area (Å²) in [5.41, 5.74) is 10.0. The third-order valence-corrected chi connectivity index (χ3v) is 14.5. The van der Waals surface area contributed by atoms with Crippen LogP contribution in [0.5, 0.6) is 0 Å². The third kappa shape index (κ3) is 8.47. The van der Waals surface area contributed by atoms with Crippen LogP contribution in [0.15, 0.2) is 71.7 Å². The van der Waals surface area contributed by atoms with Crippen LogP contribution in [0.2, 0.25) is 0 Å². The molecule has 6 bridgehead atoms. The number of pyridine rings is 2. The molecule has 2 saturated heterocycles. The summed E-state index contributed by atoms with van der Waals surface area (Å²) in [6, 6.07) is 13.1. The van der Waals surface area contributed by atoms with Gasteiger partial charge in [0.25, 0.3) is 5.91 Å². The quantitative estimate of drug-likeness (QED) is 0.142. The average molecular weight is 885 g/mol. The van der Waals surface area contributed by atoms with Crippen LogP contribution in [-0.4, -0.2) is 98.7 Å². The molecule has 2 amide bonds. The summed E-state index contributed by atoms with van der Waals surface area (Å²) in [4.78, 5) is 59.7. The van der Waals surface area contributed by atoms with E-state index in [0.717, 1.165) is 57.6 Å². The number of rotatable bonds is 10. The summed E-state index contributed by atoms with van der Waals surface area (Å²) in [7, 11) is 1.71. The maximum atomic E-state index is 14.9. The second-order valence-electron chi connectivity index (χ2n) is 19.7. The van der Waals surface area contributed by atoms with Crippen molar-refractivity contribution in [1.29, 1.82) is 0 Å². The lowest BCUT2D eigenvalue weighted by molar-refractivity contribution is -0.157. The van der Waals surface area contributed by atoms with E-state index in [-0.39, 0.29) is 54.9 Å². The number of cyclic esters (lactones) is 1. The van der Waals surface area contributed by atoms with Crippen LogP contribution in [0, 0.1) is 23.2 Å². The fourth-order valence-electron chi connectivity index (χ4n) is 10.2. The standard InChI is InChI=1S/C50H60N8O7/c1-28-29(2)41(28)46(59)54-43-45(63-25-31-15-18-51-19-16-31)47-53-39(26-64-47)32-11-14-40-36(21-32)37(22-50(4,5)27-65-49(61)38-10-8-20-57(55-38)48(43)60)44(35-9-7-17-52-42(35)30(3)62-6)58(40)34-23-56(24-34)33-12-13-33/h7,9,11,14-19,21,26,28-30,33-34,38,41,43,45,55H,8,10,12-13,20,22-25,27H2,1-6H3,(H,54,59)/t28-,29+,30-,38-,41?,43-,45-/m0/s1. The fraction of sp³-hybridized carbons (Fsp3) is 0.520. The minimum Gasteiger partial charge on any atom is -0.464 e. The second-order valence-corrected chi connectivity index (χ2v) is 19.7. The van der Waals surface area contributed by atoms with E-state index in [2.05, 4.69) is 63.3 Å². The molecule has 1 aromatic carbocycles. The van der Waals surface area contributed by atoms with Gasteiger partial charge >= 0.3 is 5.97 Å². The highest BCUT2D eigenvalue weighted by Crippen LogP contribution is 2.47. The molecule has 2 saturated carbocycles. The van der Waals surface area contributed by atoms with Crippen LogP contribution >= 0.6 is 0 Å². The maximum absolute atomic E-state index is 14.9. The molecule has 7 atom stereocenters. The summed E-state index contributed by atoms with van der Waals surface area (Å²) >= 11 is 0. The van der Waals surface area contributed by atoms with E-state index in [1.807, 2.05) is 45.2 Å². The number of methoxy groups -OCH3 is 1. The maximum Gasteiger partial charge on any atom is 0.324 e. The van der Waals surface area contributed by atoms with E-state index in [1.54, 1.807) is 25.8 Å². The summed E-state index contributed by atoms with van der Waals surface area (Å²) in [6.45, 7) is 12.8. The highest BCUT2D eigenvalue weighted by molar-refractivity contribution is 5.95. The zero-order valence-electron chi connectivity index (χ0n) is 38.2. The first kappa shape index (κ1) is 43.4. The molecule has 4 fully saturated rings. The van der Waals surface area contributed by atoms with Crippen LogP contribution in [0.1, 0.15) is 101 Å². The Kier molecular flexibility index (Phi) is 11.6. The number of hydrogen-bond acceptors (Lipinski definition) is 12. The molecule has 0 spiro atoms. The number of hydrazine groups is 1. The minimum atomic E-state index is -1.25. The van der Waals surface area contributed by atoms with E-state index in [1.165, 1.54) is 17.9 Å². The lowest BCUT2D eigenvalue weighted by Gasteiger charge is -2.42. The molecule has 4 aromatic heterocycles. The molecular formula is C50H60N8O7. The molecule has 10 rings (SSSR count). The van der Waals surface area contributed by atoms with E-state index in [4.69, 9.17) is 28.6 Å². The topological polar surface area (TPSA) is 166 Å². The molecule has 1 unspecified atom stereocenters. The van der Waals surface area contributed by atoms with Crippen molar-refractivity contribution in [3.05, 3.63) is 90.0 Å². The minimum absolute atomic E-state index is 0.0852. The van der Waals surface area contributed by atoms with Crippen LogP contribution in [0.3, 0.4) is 0 Å². The molecule has 7 heterocycles. The van der Waals surface area contributed by atoms with Gasteiger partial charge in [-0.1, -0.05) is 33.8 Å². The highest BCUT2D eigenvalue weighted by Gasteiger charge is 2.51. The van der Waals surface area contributed by atoms with Gasteiger partial charge in [0.15, 0.2) is 6.10 Å². The zero-order valence-corrected chi connectivity index (χ0v) is 38.2. The van der Waals surface area contributed by atoms with Gasteiger partial charge in [0.2, 0.25) is 11.8 Å². The van der Waals surface area contributed by atoms with Gasteiger partial charge in [0, 0.05) is 84.7 Å². The number of likely N-dealkylation sites (tertiary alicyclic amines) is 1. The Morgan fingerprint density at radius 2 is 1.82 bits per heavy atom. The Balaban J connectivity index is 1.13. The smallest absolute Gasteiger partial charge is 0.324 e. The van der Waals surface area contributed by atoms with Gasteiger partial charge in [-0.25, -0.2) is 10.4 Å². The number of benzene rings is 1. The summed E-state index contributed by atoms with van der Waals surface area (Å²) in [6.07, 6.45) is 9.46. The second kappa shape index (κ2) is 17.4. The van der Waals surface area contributed by atoms with Crippen molar-refractivity contribution in [1.82, 2.24) is 40.2 Å². The van der Waals surface area contributed by atoms with Gasteiger partial charge in [0.05, 0.1) is 36.7 Å². The number of carbonyl (C=O) groups is 3. The van der Waals surface area contributed by atoms with Crippen molar-refractivity contribution >= 4 is 28.7 Å². The summed E-state index contributed by atoms with van der Waals surface area (Å²) in [5.74, 6) is -0.943. The molecule has 342 valence electrons. The van der Waals surface area contributed by atoms with Crippen molar-refractivity contribution in [2.75, 3.05) is 33.4 Å². The number of aromatic nitrogens is 4. The van der Waals surface area contributed by atoms with Crippen molar-refractivity contribution in [3.63, 3.8) is 0 Å². The SMILES string of the molecule is CO[C@@H](C)c1ncccc1-c1c2c3cc(ccc3n1C1CN(C3CC3)C1)-c1coc(n1)[C@@H](OCc1ccncc1)[C@H](NC(=O)C1[C@@H](C)[C@H]1C)C(=O)N1CCC[C@H](N1)C(=O)OCC(C)(C)C2. The first-order valence-electron chi connectivity index (χ1n) is 23.3. The number of hydrogen-bond donors (Lipinski definition) is 2. The average Bonchev–Trinajstić information content (AvgIpc) is 4.15. The Hall–Kier alpha value is -5.48. The summed E-state index contributed by atoms with van der Waals surface area (Å²) in [5, 5.41) is 5.55. The number of nitrogens with one attached hydrogen (secondary N) is 2. The first-order valence-corrected chi connectivity index (χ1v) is 23.3. The molecule has 15 nitrogen and oxygen atoms in total. The Bertz CT molecular complexity index is 2570. The monoisotopic (exact) mass is 884 g/mol. The van der Waals surface area contributed by atoms with Crippen molar-refractivity contribution in [3.8, 4) is 22.5 Å². The number of ether oxygens (including phenoxy) is 3. The molecule has 5 aromatic rings. The number of fused-ring (bicyclic) bond motifs is 6. The highest BCUT2D eigenvalue weighted by atomic mass is 16.5. The lowest BCUT2D eigenvalue weighted by Crippen LogP contribution is -2.61. The Morgan fingerprint density at radius 1 is 1.03 bits per heavy atom. The summed E-state index contributed by atoms with van der Waals surface area (Å²) < 4.78 is 27.6. The fourth-order valence-corrected chi connectivity index (χ4v) is 10.2.